The smallest absolute Gasteiger partial charge is 0.252 e. The lowest BCUT2D eigenvalue weighted by Gasteiger charge is -2.11. The van der Waals surface area contributed by atoms with Gasteiger partial charge in [-0.1, -0.05) is 30.3 Å². The summed E-state index contributed by atoms with van der Waals surface area (Å²) in [7, 11) is 1.55. The number of carbonyl (C=O) groups is 2. The number of hydrogen-bond acceptors (Lipinski definition) is 3. The highest BCUT2D eigenvalue weighted by Gasteiger charge is 2.30. The quantitative estimate of drug-likeness (QED) is 0.904. The average molecular weight is 296 g/mol. The maximum atomic E-state index is 11.9. The molecule has 2 amide bonds. The minimum atomic E-state index is -0.601. The zero-order chi connectivity index (χ0) is 15.7. The Labute approximate surface area is 128 Å². The number of benzene rings is 2. The third kappa shape index (κ3) is 2.30. The SMILES string of the molecule is CNC(=O)c1cc(C(N)=O)c2c(c1)C(c1ccccc1)CO2. The van der Waals surface area contributed by atoms with Crippen LogP contribution >= 0.6 is 0 Å². The molecule has 1 heterocycles. The lowest BCUT2D eigenvalue weighted by atomic mass is 9.90. The van der Waals surface area contributed by atoms with Gasteiger partial charge in [0.15, 0.2) is 0 Å². The van der Waals surface area contributed by atoms with Gasteiger partial charge in [0.2, 0.25) is 0 Å². The summed E-state index contributed by atoms with van der Waals surface area (Å²) in [4.78, 5) is 23.6. The van der Waals surface area contributed by atoms with Crippen LogP contribution in [0.3, 0.4) is 0 Å². The van der Waals surface area contributed by atoms with E-state index in [-0.39, 0.29) is 17.4 Å². The molecule has 0 saturated carbocycles. The molecule has 1 aliphatic heterocycles. The van der Waals surface area contributed by atoms with Crippen molar-refractivity contribution < 1.29 is 14.3 Å². The summed E-state index contributed by atoms with van der Waals surface area (Å²) < 4.78 is 5.69. The molecule has 2 aromatic carbocycles. The van der Waals surface area contributed by atoms with E-state index in [4.69, 9.17) is 10.5 Å². The Bertz CT molecular complexity index is 741. The highest BCUT2D eigenvalue weighted by Crippen LogP contribution is 2.41. The Morgan fingerprint density at radius 3 is 2.59 bits per heavy atom. The summed E-state index contributed by atoms with van der Waals surface area (Å²) in [5, 5.41) is 2.56. The van der Waals surface area contributed by atoms with Crippen molar-refractivity contribution in [3.63, 3.8) is 0 Å². The lowest BCUT2D eigenvalue weighted by Crippen LogP contribution is -2.20. The standard InChI is InChI=1S/C17H16N2O3/c1-19-17(21)11-7-12-14(10-5-3-2-4-6-10)9-22-15(12)13(8-11)16(18)20/h2-8,14H,9H2,1H3,(H2,18,20)(H,19,21). The minimum Gasteiger partial charge on any atom is -0.491 e. The van der Waals surface area contributed by atoms with Gasteiger partial charge in [-0.05, 0) is 17.7 Å². The van der Waals surface area contributed by atoms with Crippen molar-refractivity contribution in [1.82, 2.24) is 5.32 Å². The van der Waals surface area contributed by atoms with Gasteiger partial charge in [-0.25, -0.2) is 0 Å². The average Bonchev–Trinajstić information content (AvgIpc) is 2.97. The van der Waals surface area contributed by atoms with Crippen molar-refractivity contribution in [1.29, 1.82) is 0 Å². The van der Waals surface area contributed by atoms with Crippen molar-refractivity contribution in [3.05, 3.63) is 64.7 Å². The van der Waals surface area contributed by atoms with Crippen molar-refractivity contribution in [2.24, 2.45) is 5.73 Å². The number of rotatable bonds is 3. The zero-order valence-corrected chi connectivity index (χ0v) is 12.1. The molecule has 3 N–H and O–H groups in total. The maximum absolute atomic E-state index is 11.9. The first-order valence-electron chi connectivity index (χ1n) is 6.99. The molecule has 1 aliphatic rings. The van der Waals surface area contributed by atoms with E-state index >= 15 is 0 Å². The van der Waals surface area contributed by atoms with E-state index in [2.05, 4.69) is 5.32 Å². The van der Waals surface area contributed by atoms with Crippen LogP contribution in [0.2, 0.25) is 0 Å². The molecular weight excluding hydrogens is 280 g/mol. The highest BCUT2D eigenvalue weighted by atomic mass is 16.5. The molecule has 0 spiro atoms. The van der Waals surface area contributed by atoms with Crippen LogP contribution in [0.4, 0.5) is 0 Å². The molecule has 3 rings (SSSR count). The van der Waals surface area contributed by atoms with Gasteiger partial charge in [-0.2, -0.15) is 0 Å². The molecule has 0 radical (unpaired) electrons. The Morgan fingerprint density at radius 1 is 1.23 bits per heavy atom. The Kier molecular flexibility index (Phi) is 3.55. The number of nitrogens with two attached hydrogens (primary N) is 1. The molecule has 0 aliphatic carbocycles. The van der Waals surface area contributed by atoms with Crippen LogP contribution in [0.25, 0.3) is 0 Å². The molecule has 5 nitrogen and oxygen atoms in total. The predicted octanol–water partition coefficient (Wildman–Crippen LogP) is 1.67. The predicted molar refractivity (Wildman–Crippen MR) is 82.1 cm³/mol. The van der Waals surface area contributed by atoms with Gasteiger partial charge < -0.3 is 15.8 Å². The summed E-state index contributed by atoms with van der Waals surface area (Å²) in [6.07, 6.45) is 0. The van der Waals surface area contributed by atoms with E-state index in [0.29, 0.717) is 17.9 Å². The van der Waals surface area contributed by atoms with Crippen molar-refractivity contribution in [2.45, 2.75) is 5.92 Å². The highest BCUT2D eigenvalue weighted by molar-refractivity contribution is 6.01. The van der Waals surface area contributed by atoms with Crippen molar-refractivity contribution >= 4 is 11.8 Å². The number of primary amides is 1. The van der Waals surface area contributed by atoms with Crippen LogP contribution in [-0.2, 0) is 0 Å². The van der Waals surface area contributed by atoms with Crippen LogP contribution in [0.1, 0.15) is 37.8 Å². The van der Waals surface area contributed by atoms with E-state index in [9.17, 15) is 9.59 Å². The molecule has 1 unspecified atom stereocenters. The first kappa shape index (κ1) is 14.1. The number of carbonyl (C=O) groups excluding carboxylic acids is 2. The number of nitrogens with one attached hydrogen (secondary N) is 1. The monoisotopic (exact) mass is 296 g/mol. The largest absolute Gasteiger partial charge is 0.491 e. The van der Waals surface area contributed by atoms with Crippen molar-refractivity contribution in [2.75, 3.05) is 13.7 Å². The Hall–Kier alpha value is -2.82. The summed E-state index contributed by atoms with van der Waals surface area (Å²) in [6, 6.07) is 13.1. The maximum Gasteiger partial charge on any atom is 0.252 e. The lowest BCUT2D eigenvalue weighted by molar-refractivity contribution is 0.0963. The first-order chi connectivity index (χ1) is 10.6. The van der Waals surface area contributed by atoms with Crippen LogP contribution in [0.15, 0.2) is 42.5 Å². The second-order valence-electron chi connectivity index (χ2n) is 5.16. The number of amides is 2. The van der Waals surface area contributed by atoms with Crippen LogP contribution in [0.5, 0.6) is 5.75 Å². The third-order valence-electron chi connectivity index (χ3n) is 3.84. The molecule has 22 heavy (non-hydrogen) atoms. The molecule has 0 bridgehead atoms. The van der Waals surface area contributed by atoms with Gasteiger partial charge in [0, 0.05) is 24.1 Å². The van der Waals surface area contributed by atoms with Crippen LogP contribution in [0, 0.1) is 0 Å². The Balaban J connectivity index is 2.15. The van der Waals surface area contributed by atoms with Gasteiger partial charge in [0.1, 0.15) is 5.75 Å². The van der Waals surface area contributed by atoms with Gasteiger partial charge in [-0.3, -0.25) is 9.59 Å². The Morgan fingerprint density at radius 2 is 1.95 bits per heavy atom. The molecule has 0 saturated heterocycles. The number of hydrogen-bond donors (Lipinski definition) is 2. The van der Waals surface area contributed by atoms with E-state index in [0.717, 1.165) is 11.1 Å². The molecular formula is C17H16N2O3. The summed E-state index contributed by atoms with van der Waals surface area (Å²) >= 11 is 0. The second-order valence-corrected chi connectivity index (χ2v) is 5.16. The van der Waals surface area contributed by atoms with Gasteiger partial charge in [0.05, 0.1) is 12.2 Å². The fraction of sp³-hybridized carbons (Fsp3) is 0.176. The molecule has 112 valence electrons. The van der Waals surface area contributed by atoms with E-state index in [1.54, 1.807) is 13.1 Å². The summed E-state index contributed by atoms with van der Waals surface area (Å²) in [5.74, 6) is -0.396. The molecule has 1 atom stereocenters. The molecule has 5 heteroatoms. The normalized spacial score (nSPS) is 15.8. The molecule has 0 fully saturated rings. The third-order valence-corrected chi connectivity index (χ3v) is 3.84. The first-order valence-corrected chi connectivity index (χ1v) is 6.99. The van der Waals surface area contributed by atoms with E-state index < -0.39 is 5.91 Å². The van der Waals surface area contributed by atoms with Crippen LogP contribution < -0.4 is 15.8 Å². The van der Waals surface area contributed by atoms with Crippen LogP contribution in [-0.4, -0.2) is 25.5 Å². The fourth-order valence-electron chi connectivity index (χ4n) is 2.75. The summed E-state index contributed by atoms with van der Waals surface area (Å²) in [5.41, 5.74) is 7.98. The second kappa shape index (κ2) is 5.52. The number of ether oxygens (including phenoxy) is 1. The van der Waals surface area contributed by atoms with Gasteiger partial charge in [-0.15, -0.1) is 0 Å². The van der Waals surface area contributed by atoms with Gasteiger partial charge >= 0.3 is 0 Å². The van der Waals surface area contributed by atoms with E-state index in [1.165, 1.54) is 6.07 Å². The van der Waals surface area contributed by atoms with E-state index in [1.807, 2.05) is 30.3 Å². The van der Waals surface area contributed by atoms with Crippen molar-refractivity contribution in [3.8, 4) is 5.75 Å². The molecule has 2 aromatic rings. The fourth-order valence-corrected chi connectivity index (χ4v) is 2.75. The minimum absolute atomic E-state index is 0.0149. The topological polar surface area (TPSA) is 81.4 Å². The summed E-state index contributed by atoms with van der Waals surface area (Å²) in [6.45, 7) is 0.427. The molecule has 0 aromatic heterocycles. The van der Waals surface area contributed by atoms with Gasteiger partial charge in [0.25, 0.3) is 11.8 Å². The number of fused-ring (bicyclic) bond motifs is 1. The zero-order valence-electron chi connectivity index (χ0n) is 12.1.